The molecule has 1 amide bonds. The van der Waals surface area contributed by atoms with Crippen LogP contribution in [-0.4, -0.2) is 23.2 Å². The van der Waals surface area contributed by atoms with E-state index in [2.05, 4.69) is 5.32 Å². The molecule has 182 valence electrons. The van der Waals surface area contributed by atoms with Gasteiger partial charge in [-0.1, -0.05) is 36.4 Å². The number of aryl methyl sites for hydroxylation is 3. The number of phenols is 2. The summed E-state index contributed by atoms with van der Waals surface area (Å²) >= 11 is 0. The minimum atomic E-state index is -1.57. The number of anilines is 1. The first kappa shape index (κ1) is 23.4. The van der Waals surface area contributed by atoms with Crippen molar-refractivity contribution in [3.63, 3.8) is 0 Å². The quantitative estimate of drug-likeness (QED) is 0.327. The Morgan fingerprint density at radius 1 is 0.806 bits per heavy atom. The van der Waals surface area contributed by atoms with Crippen LogP contribution in [0.3, 0.4) is 0 Å². The third-order valence-corrected chi connectivity index (χ3v) is 7.04. The van der Waals surface area contributed by atoms with Crippen molar-refractivity contribution in [3.8, 4) is 28.4 Å². The molecular formula is C30H26FNO4. The molecule has 0 radical (unpaired) electrons. The van der Waals surface area contributed by atoms with Gasteiger partial charge in [0.25, 0.3) is 0 Å². The Labute approximate surface area is 208 Å². The minimum Gasteiger partial charge on any atom is -0.507 e. The molecule has 0 fully saturated rings. The summed E-state index contributed by atoms with van der Waals surface area (Å²) in [5.41, 5.74) is 4.10. The van der Waals surface area contributed by atoms with Crippen molar-refractivity contribution in [2.45, 2.75) is 26.2 Å². The van der Waals surface area contributed by atoms with E-state index >= 15 is 0 Å². The second kappa shape index (κ2) is 8.41. The number of hydrogen-bond acceptors (Lipinski definition) is 4. The summed E-state index contributed by atoms with van der Waals surface area (Å²) in [6, 6.07) is 18.9. The van der Waals surface area contributed by atoms with Crippen molar-refractivity contribution < 1.29 is 24.1 Å². The summed E-state index contributed by atoms with van der Waals surface area (Å²) in [4.78, 5) is 14.1. The van der Waals surface area contributed by atoms with Gasteiger partial charge in [-0.15, -0.1) is 0 Å². The Balaban J connectivity index is 1.97. The largest absolute Gasteiger partial charge is 0.507 e. The molecule has 36 heavy (non-hydrogen) atoms. The second-order valence-electron chi connectivity index (χ2n) is 9.21. The lowest BCUT2D eigenvalue weighted by atomic mass is 9.67. The molecule has 4 aromatic carbocycles. The predicted molar refractivity (Wildman–Crippen MR) is 137 cm³/mol. The zero-order valence-corrected chi connectivity index (χ0v) is 20.4. The van der Waals surface area contributed by atoms with Gasteiger partial charge in [-0.25, -0.2) is 4.39 Å². The number of rotatable bonds is 4. The summed E-state index contributed by atoms with van der Waals surface area (Å²) in [5.74, 6) is -1.21. The highest BCUT2D eigenvalue weighted by atomic mass is 19.1. The van der Waals surface area contributed by atoms with Crippen LogP contribution in [0.25, 0.3) is 11.1 Å². The van der Waals surface area contributed by atoms with Gasteiger partial charge in [-0.05, 0) is 78.4 Å². The number of para-hydroxylation sites is 1. The van der Waals surface area contributed by atoms with E-state index in [1.165, 1.54) is 13.2 Å². The average Bonchev–Trinajstić information content (AvgIpc) is 3.15. The number of amides is 1. The lowest BCUT2D eigenvalue weighted by molar-refractivity contribution is -0.118. The fourth-order valence-corrected chi connectivity index (χ4v) is 5.42. The van der Waals surface area contributed by atoms with Gasteiger partial charge in [-0.3, -0.25) is 4.79 Å². The molecule has 5 nitrogen and oxygen atoms in total. The van der Waals surface area contributed by atoms with Crippen molar-refractivity contribution in [1.82, 2.24) is 0 Å². The van der Waals surface area contributed by atoms with Gasteiger partial charge in [0.1, 0.15) is 17.0 Å². The van der Waals surface area contributed by atoms with E-state index in [9.17, 15) is 19.4 Å². The highest BCUT2D eigenvalue weighted by molar-refractivity contribution is 6.13. The number of ether oxygens (including phenoxy) is 1. The Bertz CT molecular complexity index is 1520. The third kappa shape index (κ3) is 3.25. The number of methoxy groups -OCH3 is 1. The minimum absolute atomic E-state index is 0.0629. The van der Waals surface area contributed by atoms with Gasteiger partial charge >= 0.3 is 0 Å². The number of benzene rings is 4. The van der Waals surface area contributed by atoms with E-state index in [0.29, 0.717) is 27.9 Å². The van der Waals surface area contributed by atoms with E-state index < -0.39 is 17.1 Å². The zero-order chi connectivity index (χ0) is 25.8. The maximum atomic E-state index is 14.9. The van der Waals surface area contributed by atoms with Crippen molar-refractivity contribution >= 4 is 11.6 Å². The first-order chi connectivity index (χ1) is 17.2. The molecule has 0 spiro atoms. The molecule has 1 aliphatic heterocycles. The molecule has 0 saturated carbocycles. The number of hydrogen-bond donors (Lipinski definition) is 3. The zero-order valence-electron chi connectivity index (χ0n) is 20.4. The fourth-order valence-electron chi connectivity index (χ4n) is 5.42. The Morgan fingerprint density at radius 3 is 2.17 bits per heavy atom. The van der Waals surface area contributed by atoms with Gasteiger partial charge in [0.2, 0.25) is 5.91 Å². The summed E-state index contributed by atoms with van der Waals surface area (Å²) in [5, 5.41) is 24.6. The van der Waals surface area contributed by atoms with E-state index in [-0.39, 0.29) is 22.8 Å². The molecule has 5 rings (SSSR count). The fraction of sp³-hybridized carbons (Fsp3) is 0.167. The highest BCUT2D eigenvalue weighted by Crippen LogP contribution is 2.54. The average molecular weight is 484 g/mol. The number of phenolic OH excluding ortho intramolecular Hbond substituents is 2. The van der Waals surface area contributed by atoms with Crippen LogP contribution in [0.1, 0.15) is 33.4 Å². The molecule has 1 heterocycles. The van der Waals surface area contributed by atoms with Crippen LogP contribution in [0.15, 0.2) is 66.7 Å². The predicted octanol–water partition coefficient (Wildman–Crippen LogP) is 6.12. The summed E-state index contributed by atoms with van der Waals surface area (Å²) in [7, 11) is 1.34. The Kier molecular flexibility index (Phi) is 5.47. The summed E-state index contributed by atoms with van der Waals surface area (Å²) < 4.78 is 20.2. The lowest BCUT2D eigenvalue weighted by Gasteiger charge is -2.33. The SMILES string of the molecule is COc1cc(F)cc(C2(c3cccc(C)c3-c3cc(C)c(O)c(C)c3)C(=O)Nc3ccccc32)c1O. The number of nitrogens with one attached hydrogen (secondary N) is 1. The van der Waals surface area contributed by atoms with Gasteiger partial charge in [0.15, 0.2) is 11.5 Å². The number of halogens is 1. The number of aromatic hydroxyl groups is 2. The molecule has 1 aliphatic rings. The van der Waals surface area contributed by atoms with E-state index in [1.54, 1.807) is 6.07 Å². The molecule has 0 aliphatic carbocycles. The Morgan fingerprint density at radius 2 is 1.47 bits per heavy atom. The van der Waals surface area contributed by atoms with Crippen LogP contribution in [-0.2, 0) is 10.2 Å². The van der Waals surface area contributed by atoms with Crippen LogP contribution in [0.2, 0.25) is 0 Å². The summed E-state index contributed by atoms with van der Waals surface area (Å²) in [6.45, 7) is 5.58. The number of carbonyl (C=O) groups excluding carboxylic acids is 1. The molecule has 0 saturated heterocycles. The molecule has 6 heteroatoms. The van der Waals surface area contributed by atoms with Crippen LogP contribution in [0.5, 0.6) is 17.2 Å². The Hall–Kier alpha value is -4.32. The monoisotopic (exact) mass is 483 g/mol. The molecule has 3 N–H and O–H groups in total. The van der Waals surface area contributed by atoms with Gasteiger partial charge < -0.3 is 20.3 Å². The molecule has 1 unspecified atom stereocenters. The van der Waals surface area contributed by atoms with Crippen LogP contribution in [0, 0.1) is 26.6 Å². The molecule has 1 atom stereocenters. The molecule has 4 aromatic rings. The van der Waals surface area contributed by atoms with Crippen molar-refractivity contribution in [1.29, 1.82) is 0 Å². The smallest absolute Gasteiger partial charge is 0.244 e. The van der Waals surface area contributed by atoms with Gasteiger partial charge in [0, 0.05) is 22.9 Å². The maximum Gasteiger partial charge on any atom is 0.244 e. The number of fused-ring (bicyclic) bond motifs is 1. The topological polar surface area (TPSA) is 78.8 Å². The lowest BCUT2D eigenvalue weighted by Crippen LogP contribution is -2.38. The third-order valence-electron chi connectivity index (χ3n) is 7.04. The van der Waals surface area contributed by atoms with Crippen LogP contribution in [0.4, 0.5) is 10.1 Å². The van der Waals surface area contributed by atoms with Crippen molar-refractivity contribution in [2.24, 2.45) is 0 Å². The molecule has 0 bridgehead atoms. The second-order valence-corrected chi connectivity index (χ2v) is 9.21. The van der Waals surface area contributed by atoms with Crippen LogP contribution < -0.4 is 10.1 Å². The van der Waals surface area contributed by atoms with E-state index in [4.69, 9.17) is 4.74 Å². The molecular weight excluding hydrogens is 457 g/mol. The molecule has 0 aromatic heterocycles. The summed E-state index contributed by atoms with van der Waals surface area (Å²) in [6.07, 6.45) is 0. The highest BCUT2D eigenvalue weighted by Gasteiger charge is 2.53. The first-order valence-electron chi connectivity index (χ1n) is 11.6. The number of carbonyl (C=O) groups is 1. The van der Waals surface area contributed by atoms with Crippen LogP contribution >= 0.6 is 0 Å². The normalized spacial score (nSPS) is 16.5. The standard InChI is InChI=1S/C30H26FNO4/c1-16-8-7-10-22(26(16)19-12-17(2)27(33)18(3)13-19)30(21-9-5-6-11-24(21)32-29(30)35)23-14-20(31)15-25(36-4)28(23)34/h5-15,33-34H,1-4H3,(H,32,35). The van der Waals surface area contributed by atoms with Crippen molar-refractivity contribution in [2.75, 3.05) is 12.4 Å². The van der Waals surface area contributed by atoms with Gasteiger partial charge in [-0.2, -0.15) is 0 Å². The first-order valence-corrected chi connectivity index (χ1v) is 11.6. The maximum absolute atomic E-state index is 14.9. The van der Waals surface area contributed by atoms with E-state index in [1.807, 2.05) is 69.3 Å². The van der Waals surface area contributed by atoms with Crippen molar-refractivity contribution in [3.05, 3.63) is 106 Å². The van der Waals surface area contributed by atoms with Gasteiger partial charge in [0.05, 0.1) is 7.11 Å². The van der Waals surface area contributed by atoms with E-state index in [0.717, 1.165) is 22.8 Å².